The first-order valence-corrected chi connectivity index (χ1v) is 13.1. The number of aliphatic hydroxyl groups is 1. The molecule has 1 N–H and O–H groups in total. The molecule has 0 aliphatic carbocycles. The van der Waals surface area contributed by atoms with Gasteiger partial charge in [0.15, 0.2) is 11.5 Å². The van der Waals surface area contributed by atoms with Gasteiger partial charge in [0.1, 0.15) is 23.0 Å². The van der Waals surface area contributed by atoms with Gasteiger partial charge in [-0.1, -0.05) is 48.2 Å². The van der Waals surface area contributed by atoms with Gasteiger partial charge in [0, 0.05) is 3.57 Å². The molecular formula is C28H24INO5S. The molecule has 0 amide bonds. The van der Waals surface area contributed by atoms with Crippen molar-refractivity contribution in [2.45, 2.75) is 13.5 Å². The zero-order valence-electron chi connectivity index (χ0n) is 19.7. The average Bonchev–Trinajstić information content (AvgIpc) is 3.19. The molecule has 1 heterocycles. The van der Waals surface area contributed by atoms with Gasteiger partial charge >= 0.3 is 5.97 Å². The molecule has 0 aromatic heterocycles. The molecule has 0 spiro atoms. The number of carbonyl (C=O) groups is 1. The van der Waals surface area contributed by atoms with Crippen molar-refractivity contribution in [1.82, 2.24) is 0 Å². The summed E-state index contributed by atoms with van der Waals surface area (Å²) in [5, 5.41) is 11.3. The largest absolute Gasteiger partial charge is 0.506 e. The molecular weight excluding hydrogens is 589 g/mol. The van der Waals surface area contributed by atoms with E-state index in [0.29, 0.717) is 33.7 Å². The van der Waals surface area contributed by atoms with Crippen LogP contribution in [-0.2, 0) is 16.1 Å². The van der Waals surface area contributed by atoms with E-state index in [0.717, 1.165) is 14.7 Å². The lowest BCUT2D eigenvalue weighted by Crippen LogP contribution is -2.12. The molecule has 4 rings (SSSR count). The molecule has 0 radical (unpaired) electrons. The second kappa shape index (κ2) is 12.1. The van der Waals surface area contributed by atoms with Gasteiger partial charge in [-0.15, -0.1) is 0 Å². The molecule has 1 aliphatic heterocycles. The Morgan fingerprint density at radius 1 is 1.06 bits per heavy atom. The number of aliphatic hydroxyl groups excluding tert-OH is 1. The summed E-state index contributed by atoms with van der Waals surface area (Å²) >= 11 is 3.48. The van der Waals surface area contributed by atoms with Gasteiger partial charge in [-0.3, -0.25) is 0 Å². The number of methoxy groups -OCH3 is 1. The monoisotopic (exact) mass is 613 g/mol. The highest BCUT2D eigenvalue weighted by Crippen LogP contribution is 2.41. The molecule has 0 bridgehead atoms. The molecule has 0 saturated heterocycles. The van der Waals surface area contributed by atoms with Crippen LogP contribution in [0.1, 0.15) is 18.1 Å². The van der Waals surface area contributed by atoms with E-state index in [1.807, 2.05) is 72.8 Å². The number of hydrogen-bond acceptors (Lipinski definition) is 7. The summed E-state index contributed by atoms with van der Waals surface area (Å²) in [5.41, 5.74) is 2.55. The van der Waals surface area contributed by atoms with Gasteiger partial charge in [-0.05, 0) is 83.1 Å². The highest BCUT2D eigenvalue weighted by molar-refractivity contribution is 14.1. The Morgan fingerprint density at radius 2 is 1.81 bits per heavy atom. The summed E-state index contributed by atoms with van der Waals surface area (Å²) in [4.78, 5) is 17.7. The Balaban J connectivity index is 1.61. The minimum Gasteiger partial charge on any atom is -0.506 e. The van der Waals surface area contributed by atoms with E-state index >= 15 is 0 Å². The van der Waals surface area contributed by atoms with Crippen molar-refractivity contribution in [2.24, 2.45) is 4.99 Å². The number of rotatable bonds is 8. The first kappa shape index (κ1) is 25.8. The maximum Gasteiger partial charge on any atom is 0.344 e. The molecule has 0 atom stereocenters. The molecule has 8 heteroatoms. The summed E-state index contributed by atoms with van der Waals surface area (Å²) in [6, 6.07) is 22.9. The Hall–Kier alpha value is -3.24. The highest BCUT2D eigenvalue weighted by atomic mass is 127. The summed E-state index contributed by atoms with van der Waals surface area (Å²) in [6.07, 6.45) is 1.78. The van der Waals surface area contributed by atoms with Gasteiger partial charge in [0.25, 0.3) is 0 Å². The number of aliphatic imine (C=N–C) groups is 1. The normalized spacial score (nSPS) is 15.4. The highest BCUT2D eigenvalue weighted by Gasteiger charge is 2.33. The maximum atomic E-state index is 12.6. The quantitative estimate of drug-likeness (QED) is 0.216. The van der Waals surface area contributed by atoms with Crippen LogP contribution in [-0.4, -0.2) is 29.8 Å². The van der Waals surface area contributed by atoms with E-state index in [1.54, 1.807) is 20.1 Å². The minimum atomic E-state index is -0.613. The minimum absolute atomic E-state index is 0.0568. The second-order valence-electron chi connectivity index (χ2n) is 7.63. The number of halogens is 1. The number of para-hydroxylation sites is 1. The number of hydrogen-bond donors (Lipinski definition) is 1. The Bertz CT molecular complexity index is 1330. The first-order chi connectivity index (χ1) is 17.5. The molecule has 0 fully saturated rings. The van der Waals surface area contributed by atoms with Crippen molar-refractivity contribution in [3.05, 3.63) is 104 Å². The predicted octanol–water partition coefficient (Wildman–Crippen LogP) is 7.07. The van der Waals surface area contributed by atoms with Gasteiger partial charge in [-0.25, -0.2) is 9.79 Å². The molecule has 0 saturated carbocycles. The van der Waals surface area contributed by atoms with Crippen molar-refractivity contribution < 1.29 is 24.1 Å². The Morgan fingerprint density at radius 3 is 2.50 bits per heavy atom. The molecule has 6 nitrogen and oxygen atoms in total. The van der Waals surface area contributed by atoms with Crippen LogP contribution in [0.5, 0.6) is 11.5 Å². The molecule has 3 aromatic rings. The fraction of sp³-hybridized carbons (Fsp3) is 0.143. The van der Waals surface area contributed by atoms with Crippen LogP contribution in [0.25, 0.3) is 6.08 Å². The number of benzene rings is 3. The van der Waals surface area contributed by atoms with Crippen molar-refractivity contribution in [3.63, 3.8) is 0 Å². The predicted molar refractivity (Wildman–Crippen MR) is 152 cm³/mol. The Labute approximate surface area is 227 Å². The van der Waals surface area contributed by atoms with E-state index in [-0.39, 0.29) is 17.9 Å². The molecule has 36 heavy (non-hydrogen) atoms. The summed E-state index contributed by atoms with van der Waals surface area (Å²) in [7, 11) is 1.58. The van der Waals surface area contributed by atoms with Crippen molar-refractivity contribution in [1.29, 1.82) is 0 Å². The summed E-state index contributed by atoms with van der Waals surface area (Å²) < 4.78 is 17.8. The smallest absolute Gasteiger partial charge is 0.344 e. The van der Waals surface area contributed by atoms with E-state index in [9.17, 15) is 9.90 Å². The van der Waals surface area contributed by atoms with E-state index in [1.165, 1.54) is 11.8 Å². The van der Waals surface area contributed by atoms with Crippen molar-refractivity contribution >= 4 is 57.1 Å². The summed E-state index contributed by atoms with van der Waals surface area (Å²) in [6.45, 7) is 2.32. The lowest BCUT2D eigenvalue weighted by Gasteiger charge is -2.12. The van der Waals surface area contributed by atoms with Crippen molar-refractivity contribution in [3.8, 4) is 11.5 Å². The van der Waals surface area contributed by atoms with Gasteiger partial charge in [0.2, 0.25) is 0 Å². The number of ether oxygens (including phenoxy) is 3. The zero-order chi connectivity index (χ0) is 25.5. The molecule has 1 aliphatic rings. The fourth-order valence-electron chi connectivity index (χ4n) is 3.40. The van der Waals surface area contributed by atoms with Gasteiger partial charge in [-0.2, -0.15) is 0 Å². The van der Waals surface area contributed by atoms with E-state index < -0.39 is 5.97 Å². The molecule has 0 unspecified atom stereocenters. The molecule has 3 aromatic carbocycles. The van der Waals surface area contributed by atoms with Crippen LogP contribution in [0.4, 0.5) is 5.69 Å². The third kappa shape index (κ3) is 6.30. The van der Waals surface area contributed by atoms with E-state index in [4.69, 9.17) is 14.2 Å². The average molecular weight is 613 g/mol. The van der Waals surface area contributed by atoms with Crippen LogP contribution >= 0.6 is 34.4 Å². The first-order valence-electron chi connectivity index (χ1n) is 11.2. The van der Waals surface area contributed by atoms with Crippen molar-refractivity contribution in [2.75, 3.05) is 13.7 Å². The number of thioether (sulfide) groups is 1. The summed E-state index contributed by atoms with van der Waals surface area (Å²) in [5.74, 6) is 0.393. The zero-order valence-corrected chi connectivity index (χ0v) is 22.7. The van der Waals surface area contributed by atoms with Crippen LogP contribution in [0.3, 0.4) is 0 Å². The van der Waals surface area contributed by atoms with E-state index in [2.05, 4.69) is 27.6 Å². The number of esters is 1. The van der Waals surface area contributed by atoms with Crippen LogP contribution < -0.4 is 9.47 Å². The van der Waals surface area contributed by atoms with Crippen LogP contribution in [0.2, 0.25) is 0 Å². The van der Waals surface area contributed by atoms with Gasteiger partial charge in [0.05, 0.1) is 24.3 Å². The second-order valence-corrected chi connectivity index (χ2v) is 9.91. The fourth-order valence-corrected chi connectivity index (χ4v) is 4.79. The van der Waals surface area contributed by atoms with Crippen LogP contribution in [0.15, 0.2) is 94.0 Å². The Kier molecular flexibility index (Phi) is 8.71. The van der Waals surface area contributed by atoms with Crippen LogP contribution in [0, 0.1) is 3.57 Å². The number of nitrogens with zero attached hydrogens (tertiary/aromatic N) is 1. The number of carbonyl (C=O) groups excluding carboxylic acids is 1. The lowest BCUT2D eigenvalue weighted by molar-refractivity contribution is -0.138. The third-order valence-corrected chi connectivity index (χ3v) is 6.89. The molecule has 184 valence electrons. The lowest BCUT2D eigenvalue weighted by atomic mass is 10.1. The standard InChI is InChI=1S/C28H24INO5S/c1-3-34-28(32)25-26(31)24(36-27(25)30-21-7-5-4-6-8-21)16-19-11-14-22(23(15-19)33-2)35-17-18-9-12-20(29)13-10-18/h4-16,31H,3,17H2,1-2H3/b24-16-,30-27?. The SMILES string of the molecule is CCOC(=O)C1=C(O)/C(=C/c2ccc(OCc3ccc(I)cc3)c(OC)c2)SC1=Nc1ccccc1. The topological polar surface area (TPSA) is 77.4 Å². The maximum absolute atomic E-state index is 12.6. The van der Waals surface area contributed by atoms with Gasteiger partial charge < -0.3 is 19.3 Å². The third-order valence-electron chi connectivity index (χ3n) is 5.15.